The number of para-hydroxylation sites is 1. The smallest absolute Gasteiger partial charge is 0.422 e. The minimum atomic E-state index is -4.33. The minimum Gasteiger partial charge on any atom is -0.484 e. The van der Waals surface area contributed by atoms with Crippen molar-refractivity contribution >= 4 is 5.91 Å². The van der Waals surface area contributed by atoms with Crippen molar-refractivity contribution in [3.05, 3.63) is 29.8 Å². The monoisotopic (exact) mass is 384 g/mol. The van der Waals surface area contributed by atoms with Crippen molar-refractivity contribution < 1.29 is 22.7 Å². The Bertz CT molecular complexity index is 634. The molecule has 0 bridgehead atoms. The van der Waals surface area contributed by atoms with Crippen LogP contribution >= 0.6 is 0 Å². The van der Waals surface area contributed by atoms with Crippen LogP contribution in [-0.2, 0) is 4.79 Å². The molecule has 1 saturated heterocycles. The summed E-state index contributed by atoms with van der Waals surface area (Å²) < 4.78 is 42.5. The van der Waals surface area contributed by atoms with Gasteiger partial charge in [-0.05, 0) is 69.2 Å². The van der Waals surface area contributed by atoms with Crippen molar-refractivity contribution in [3.8, 4) is 5.75 Å². The topological polar surface area (TPSA) is 55.6 Å². The molecule has 1 aliphatic heterocycles. The van der Waals surface area contributed by atoms with Crippen LogP contribution in [0.5, 0.6) is 5.75 Å². The maximum Gasteiger partial charge on any atom is 0.422 e. The van der Waals surface area contributed by atoms with Gasteiger partial charge in [0, 0.05) is 12.0 Å². The van der Waals surface area contributed by atoms with Crippen LogP contribution in [0.1, 0.15) is 50.0 Å². The fourth-order valence-corrected chi connectivity index (χ4v) is 4.41. The predicted octanol–water partition coefficient (Wildman–Crippen LogP) is 3.85. The molecule has 0 atom stereocenters. The quantitative estimate of drug-likeness (QED) is 0.839. The molecule has 4 nitrogen and oxygen atoms in total. The Kier molecular flexibility index (Phi) is 6.29. The molecule has 0 radical (unpaired) electrons. The highest BCUT2D eigenvalue weighted by atomic mass is 19.4. The molecule has 1 aromatic carbocycles. The summed E-state index contributed by atoms with van der Waals surface area (Å²) >= 11 is 0. The number of carbonyl (C=O) groups is 1. The number of alkyl halides is 3. The van der Waals surface area contributed by atoms with E-state index in [9.17, 15) is 18.0 Å². The first-order valence-electron chi connectivity index (χ1n) is 9.65. The van der Waals surface area contributed by atoms with Crippen LogP contribution in [0.3, 0.4) is 0 Å². The summed E-state index contributed by atoms with van der Waals surface area (Å²) in [6.45, 7) is 0.584. The number of hydrogen-bond donors (Lipinski definition) is 1. The SMILES string of the molecule is NC(=O)C1CCC(N2CCC(c3ccccc3OCC(F)(F)F)CC2)CC1. The Labute approximate surface area is 157 Å². The van der Waals surface area contributed by atoms with Gasteiger partial charge in [0.2, 0.25) is 5.91 Å². The number of nitrogens with two attached hydrogens (primary N) is 1. The number of rotatable bonds is 5. The highest BCUT2D eigenvalue weighted by Gasteiger charge is 2.32. The highest BCUT2D eigenvalue weighted by molar-refractivity contribution is 5.76. The predicted molar refractivity (Wildman–Crippen MR) is 96.5 cm³/mol. The third-order valence-corrected chi connectivity index (χ3v) is 5.90. The molecule has 1 aromatic rings. The summed E-state index contributed by atoms with van der Waals surface area (Å²) in [5.74, 6) is 0.377. The molecule has 1 aliphatic carbocycles. The van der Waals surface area contributed by atoms with Crippen LogP contribution in [0.25, 0.3) is 0 Å². The van der Waals surface area contributed by atoms with E-state index in [0.717, 1.165) is 57.2 Å². The third-order valence-electron chi connectivity index (χ3n) is 5.90. The molecular weight excluding hydrogens is 357 g/mol. The number of primary amides is 1. The van der Waals surface area contributed by atoms with Crippen LogP contribution in [0.2, 0.25) is 0 Å². The third kappa shape index (κ3) is 5.37. The van der Waals surface area contributed by atoms with Gasteiger partial charge in [-0.3, -0.25) is 4.79 Å². The van der Waals surface area contributed by atoms with Gasteiger partial charge in [-0.1, -0.05) is 18.2 Å². The first-order valence-corrected chi connectivity index (χ1v) is 9.65. The van der Waals surface area contributed by atoms with Crippen LogP contribution in [-0.4, -0.2) is 42.7 Å². The first-order chi connectivity index (χ1) is 12.8. The van der Waals surface area contributed by atoms with Crippen molar-refractivity contribution in [2.45, 2.75) is 56.7 Å². The molecule has 2 N–H and O–H groups in total. The van der Waals surface area contributed by atoms with E-state index in [4.69, 9.17) is 10.5 Å². The lowest BCUT2D eigenvalue weighted by Crippen LogP contribution is -2.44. The Balaban J connectivity index is 1.55. The zero-order valence-corrected chi connectivity index (χ0v) is 15.4. The van der Waals surface area contributed by atoms with E-state index in [0.29, 0.717) is 11.8 Å². The largest absolute Gasteiger partial charge is 0.484 e. The molecule has 0 unspecified atom stereocenters. The second-order valence-corrected chi connectivity index (χ2v) is 7.66. The Morgan fingerprint density at radius 2 is 1.70 bits per heavy atom. The molecule has 2 fully saturated rings. The first kappa shape index (κ1) is 20.0. The summed E-state index contributed by atoms with van der Waals surface area (Å²) in [6.07, 6.45) is 1.17. The second kappa shape index (κ2) is 8.50. The van der Waals surface area contributed by atoms with Crippen LogP contribution in [0.15, 0.2) is 24.3 Å². The van der Waals surface area contributed by atoms with Gasteiger partial charge in [0.05, 0.1) is 0 Å². The lowest BCUT2D eigenvalue weighted by Gasteiger charge is -2.40. The highest BCUT2D eigenvalue weighted by Crippen LogP contribution is 2.37. The molecule has 1 amide bonds. The zero-order chi connectivity index (χ0) is 19.4. The minimum absolute atomic E-state index is 0.0106. The van der Waals surface area contributed by atoms with Gasteiger partial charge in [0.15, 0.2) is 6.61 Å². The Hall–Kier alpha value is -1.76. The second-order valence-electron chi connectivity index (χ2n) is 7.66. The Morgan fingerprint density at radius 1 is 1.07 bits per heavy atom. The van der Waals surface area contributed by atoms with Crippen LogP contribution < -0.4 is 10.5 Å². The van der Waals surface area contributed by atoms with Crippen molar-refractivity contribution in [1.29, 1.82) is 0 Å². The van der Waals surface area contributed by atoms with Gasteiger partial charge in [-0.25, -0.2) is 0 Å². The summed E-state index contributed by atoms with van der Waals surface area (Å²) in [5, 5.41) is 0. The summed E-state index contributed by atoms with van der Waals surface area (Å²) in [6, 6.07) is 7.55. The lowest BCUT2D eigenvalue weighted by molar-refractivity contribution is -0.153. The van der Waals surface area contributed by atoms with E-state index >= 15 is 0 Å². The Morgan fingerprint density at radius 3 is 2.30 bits per heavy atom. The molecule has 0 aromatic heterocycles. The fraction of sp³-hybridized carbons (Fsp3) is 0.650. The average molecular weight is 384 g/mol. The van der Waals surface area contributed by atoms with Crippen LogP contribution in [0.4, 0.5) is 13.2 Å². The maximum absolute atomic E-state index is 12.5. The van der Waals surface area contributed by atoms with Crippen LogP contribution in [0, 0.1) is 5.92 Å². The molecule has 7 heteroatoms. The summed E-state index contributed by atoms with van der Waals surface area (Å²) in [4.78, 5) is 13.8. The van der Waals surface area contributed by atoms with E-state index in [1.165, 1.54) is 0 Å². The number of amides is 1. The molecule has 2 aliphatic rings. The van der Waals surface area contributed by atoms with Crippen molar-refractivity contribution in [1.82, 2.24) is 4.90 Å². The van der Waals surface area contributed by atoms with Gasteiger partial charge in [0.1, 0.15) is 5.75 Å². The number of ether oxygens (including phenoxy) is 1. The van der Waals surface area contributed by atoms with Gasteiger partial charge in [0.25, 0.3) is 0 Å². The van der Waals surface area contributed by atoms with Crippen molar-refractivity contribution in [2.24, 2.45) is 11.7 Å². The number of halogens is 3. The number of benzene rings is 1. The number of piperidine rings is 1. The van der Waals surface area contributed by atoms with Crippen molar-refractivity contribution in [3.63, 3.8) is 0 Å². The van der Waals surface area contributed by atoms with Gasteiger partial charge < -0.3 is 15.4 Å². The molecule has 1 heterocycles. The number of nitrogens with zero attached hydrogens (tertiary/aromatic N) is 1. The van der Waals surface area contributed by atoms with Gasteiger partial charge in [-0.2, -0.15) is 13.2 Å². The molecule has 27 heavy (non-hydrogen) atoms. The lowest BCUT2D eigenvalue weighted by atomic mass is 9.82. The molecule has 3 rings (SSSR count). The van der Waals surface area contributed by atoms with Gasteiger partial charge >= 0.3 is 6.18 Å². The number of carbonyl (C=O) groups excluding carboxylic acids is 1. The molecule has 150 valence electrons. The maximum atomic E-state index is 12.5. The standard InChI is InChI=1S/C20H27F3N2O2/c21-20(22,23)13-27-18-4-2-1-3-17(18)14-9-11-25(12-10-14)16-7-5-15(6-8-16)19(24)26/h1-4,14-16H,5-13H2,(H2,24,26). The van der Waals surface area contributed by atoms with Crippen molar-refractivity contribution in [2.75, 3.05) is 19.7 Å². The summed E-state index contributed by atoms with van der Waals surface area (Å²) in [5.41, 5.74) is 6.28. The van der Waals surface area contributed by atoms with E-state index in [-0.39, 0.29) is 17.7 Å². The van der Waals surface area contributed by atoms with E-state index in [1.54, 1.807) is 12.1 Å². The normalized spacial score (nSPS) is 25.3. The summed E-state index contributed by atoms with van der Waals surface area (Å²) in [7, 11) is 0. The molecule has 1 saturated carbocycles. The number of likely N-dealkylation sites (tertiary alicyclic amines) is 1. The van der Waals surface area contributed by atoms with E-state index < -0.39 is 12.8 Å². The zero-order valence-electron chi connectivity index (χ0n) is 15.4. The molecule has 0 spiro atoms. The van der Waals surface area contributed by atoms with E-state index in [2.05, 4.69) is 4.90 Å². The molecular formula is C20H27F3N2O2. The average Bonchev–Trinajstić information content (AvgIpc) is 2.66. The van der Waals surface area contributed by atoms with Gasteiger partial charge in [-0.15, -0.1) is 0 Å². The van der Waals surface area contributed by atoms with E-state index in [1.807, 2.05) is 12.1 Å². The fourth-order valence-electron chi connectivity index (χ4n) is 4.41. The number of hydrogen-bond acceptors (Lipinski definition) is 3.